The van der Waals surface area contributed by atoms with E-state index in [1.165, 1.54) is 0 Å². The molecule has 0 bridgehead atoms. The number of hydrogen-bond donors (Lipinski definition) is 0. The lowest BCUT2D eigenvalue weighted by Gasteiger charge is -2.08. The van der Waals surface area contributed by atoms with Gasteiger partial charge >= 0.3 is 0 Å². The average Bonchev–Trinajstić information content (AvgIpc) is 2.67. The van der Waals surface area contributed by atoms with Gasteiger partial charge in [-0.25, -0.2) is 9.59 Å². The molecule has 3 aromatic rings. The molecule has 4 nitrogen and oxygen atoms in total. The summed E-state index contributed by atoms with van der Waals surface area (Å²) >= 11 is 0. The summed E-state index contributed by atoms with van der Waals surface area (Å²) in [7, 11) is 0. The molecule has 26 heavy (non-hydrogen) atoms. The minimum absolute atomic E-state index is 0.646. The summed E-state index contributed by atoms with van der Waals surface area (Å²) in [6, 6.07) is 23.3. The van der Waals surface area contributed by atoms with Crippen molar-refractivity contribution in [2.24, 2.45) is 9.98 Å². The molecule has 0 radical (unpaired) electrons. The summed E-state index contributed by atoms with van der Waals surface area (Å²) in [5.74, 6) is 0. The maximum Gasteiger partial charge on any atom is 0.240 e. The summed E-state index contributed by atoms with van der Waals surface area (Å²) in [5, 5.41) is 0. The zero-order valence-electron chi connectivity index (χ0n) is 14.1. The van der Waals surface area contributed by atoms with Crippen LogP contribution in [0.4, 0.5) is 11.4 Å². The number of benzene rings is 3. The van der Waals surface area contributed by atoms with Crippen molar-refractivity contribution in [2.75, 3.05) is 0 Å². The third kappa shape index (κ3) is 4.28. The minimum atomic E-state index is 0.646. The number of isocyanates is 2. The number of rotatable bonds is 6. The number of carbonyl (C=O) groups excluding carboxylic acids is 2. The van der Waals surface area contributed by atoms with Crippen molar-refractivity contribution in [3.63, 3.8) is 0 Å². The Balaban J connectivity index is 1.78. The number of aliphatic imine (C=N–C) groups is 2. The Bertz CT molecular complexity index is 914. The van der Waals surface area contributed by atoms with Gasteiger partial charge in [-0.1, -0.05) is 60.7 Å². The molecule has 0 fully saturated rings. The van der Waals surface area contributed by atoms with Crippen LogP contribution in [0.25, 0.3) is 0 Å². The highest BCUT2D eigenvalue weighted by molar-refractivity contribution is 5.56. The fourth-order valence-electron chi connectivity index (χ4n) is 2.85. The van der Waals surface area contributed by atoms with Gasteiger partial charge in [0.2, 0.25) is 12.2 Å². The highest BCUT2D eigenvalue weighted by Gasteiger charge is 2.05. The van der Waals surface area contributed by atoms with Crippen LogP contribution < -0.4 is 0 Å². The summed E-state index contributed by atoms with van der Waals surface area (Å²) in [5.41, 5.74) is 5.51. The molecule has 0 saturated heterocycles. The highest BCUT2D eigenvalue weighted by Crippen LogP contribution is 2.24. The van der Waals surface area contributed by atoms with Gasteiger partial charge in [0, 0.05) is 0 Å². The fourth-order valence-corrected chi connectivity index (χ4v) is 2.85. The predicted molar refractivity (Wildman–Crippen MR) is 101 cm³/mol. The standard InChI is InChI=1S/C22H16N2O2/c25-15-23-21-7-3-1-5-19(21)13-17-9-11-18(12-10-17)14-20-6-2-4-8-22(20)24-16-26/h1-12H,13-14H2. The lowest BCUT2D eigenvalue weighted by molar-refractivity contribution is 0.564. The van der Waals surface area contributed by atoms with Gasteiger partial charge in [-0.3, -0.25) is 0 Å². The van der Waals surface area contributed by atoms with Gasteiger partial charge in [-0.05, 0) is 47.2 Å². The number of hydrogen-bond acceptors (Lipinski definition) is 4. The van der Waals surface area contributed by atoms with Gasteiger partial charge in [-0.2, -0.15) is 9.98 Å². The molecule has 3 aromatic carbocycles. The molecule has 0 aliphatic carbocycles. The van der Waals surface area contributed by atoms with E-state index in [9.17, 15) is 9.59 Å². The van der Waals surface area contributed by atoms with Crippen molar-refractivity contribution in [1.29, 1.82) is 0 Å². The van der Waals surface area contributed by atoms with Crippen LogP contribution in [0, 0.1) is 0 Å². The molecular weight excluding hydrogens is 324 g/mol. The van der Waals surface area contributed by atoms with Crippen LogP contribution in [0.15, 0.2) is 82.8 Å². The molecule has 0 amide bonds. The zero-order chi connectivity index (χ0) is 18.2. The summed E-state index contributed by atoms with van der Waals surface area (Å²) in [6.45, 7) is 0. The second kappa shape index (κ2) is 8.50. The van der Waals surface area contributed by atoms with Crippen LogP contribution in [0.1, 0.15) is 22.3 Å². The first-order valence-electron chi connectivity index (χ1n) is 8.19. The van der Waals surface area contributed by atoms with Crippen molar-refractivity contribution in [3.05, 3.63) is 95.1 Å². The Morgan fingerprint density at radius 1 is 0.577 bits per heavy atom. The van der Waals surface area contributed by atoms with E-state index in [0.717, 1.165) is 22.3 Å². The van der Waals surface area contributed by atoms with Crippen LogP contribution in [-0.4, -0.2) is 12.2 Å². The van der Waals surface area contributed by atoms with Gasteiger partial charge in [-0.15, -0.1) is 0 Å². The highest BCUT2D eigenvalue weighted by atomic mass is 16.1. The smallest absolute Gasteiger partial charge is 0.211 e. The molecule has 126 valence electrons. The lowest BCUT2D eigenvalue weighted by atomic mass is 9.99. The molecule has 0 unspecified atom stereocenters. The molecule has 0 N–H and O–H groups in total. The quantitative estimate of drug-likeness (QED) is 0.478. The molecular formula is C22H16N2O2. The van der Waals surface area contributed by atoms with Crippen molar-refractivity contribution in [1.82, 2.24) is 0 Å². The predicted octanol–water partition coefficient (Wildman–Crippen LogP) is 4.80. The first kappa shape index (κ1) is 17.2. The van der Waals surface area contributed by atoms with E-state index in [0.29, 0.717) is 24.2 Å². The Hall–Kier alpha value is -3.58. The monoisotopic (exact) mass is 340 g/mol. The van der Waals surface area contributed by atoms with E-state index in [2.05, 4.69) is 34.3 Å². The van der Waals surface area contributed by atoms with Crippen LogP contribution in [0.5, 0.6) is 0 Å². The Kier molecular flexibility index (Phi) is 5.64. The fraction of sp³-hybridized carbons (Fsp3) is 0.0909. The maximum absolute atomic E-state index is 10.5. The molecule has 3 rings (SSSR count). The van der Waals surface area contributed by atoms with Crippen molar-refractivity contribution >= 4 is 23.5 Å². The molecule has 0 aliphatic rings. The molecule has 0 heterocycles. The zero-order valence-corrected chi connectivity index (χ0v) is 14.1. The van der Waals surface area contributed by atoms with E-state index < -0.39 is 0 Å². The molecule has 0 aromatic heterocycles. The number of nitrogens with zero attached hydrogens (tertiary/aromatic N) is 2. The molecule has 4 heteroatoms. The van der Waals surface area contributed by atoms with E-state index in [1.54, 1.807) is 24.3 Å². The van der Waals surface area contributed by atoms with E-state index >= 15 is 0 Å². The molecule has 0 spiro atoms. The third-order valence-electron chi connectivity index (χ3n) is 4.13. The first-order valence-corrected chi connectivity index (χ1v) is 8.19. The largest absolute Gasteiger partial charge is 0.240 e. The maximum atomic E-state index is 10.5. The summed E-state index contributed by atoms with van der Waals surface area (Å²) in [4.78, 5) is 28.6. The Labute approximate surface area is 151 Å². The van der Waals surface area contributed by atoms with Crippen LogP contribution in [-0.2, 0) is 22.4 Å². The van der Waals surface area contributed by atoms with Crippen molar-refractivity contribution in [2.45, 2.75) is 12.8 Å². The normalized spacial score (nSPS) is 9.85. The SMILES string of the molecule is O=C=Nc1ccccc1Cc1ccc(Cc2ccccc2N=C=O)cc1. The summed E-state index contributed by atoms with van der Waals surface area (Å²) < 4.78 is 0. The van der Waals surface area contributed by atoms with Gasteiger partial charge in [0.05, 0.1) is 11.4 Å². The van der Waals surface area contributed by atoms with Gasteiger partial charge in [0.1, 0.15) is 0 Å². The lowest BCUT2D eigenvalue weighted by Crippen LogP contribution is -1.92. The van der Waals surface area contributed by atoms with Gasteiger partial charge in [0.25, 0.3) is 0 Å². The summed E-state index contributed by atoms with van der Waals surface area (Å²) in [6.07, 6.45) is 4.58. The van der Waals surface area contributed by atoms with E-state index in [1.807, 2.05) is 36.4 Å². The second-order valence-corrected chi connectivity index (χ2v) is 5.83. The molecule has 0 aliphatic heterocycles. The van der Waals surface area contributed by atoms with Crippen LogP contribution in [0.3, 0.4) is 0 Å². The van der Waals surface area contributed by atoms with E-state index in [-0.39, 0.29) is 0 Å². The van der Waals surface area contributed by atoms with Crippen molar-refractivity contribution < 1.29 is 9.59 Å². The third-order valence-corrected chi connectivity index (χ3v) is 4.13. The van der Waals surface area contributed by atoms with Crippen molar-refractivity contribution in [3.8, 4) is 0 Å². The Morgan fingerprint density at radius 2 is 0.962 bits per heavy atom. The van der Waals surface area contributed by atoms with Gasteiger partial charge < -0.3 is 0 Å². The number of para-hydroxylation sites is 2. The molecule has 0 atom stereocenters. The van der Waals surface area contributed by atoms with E-state index in [4.69, 9.17) is 0 Å². The first-order chi connectivity index (χ1) is 12.8. The average molecular weight is 340 g/mol. The molecule has 0 saturated carbocycles. The topological polar surface area (TPSA) is 58.9 Å². The Morgan fingerprint density at radius 3 is 1.35 bits per heavy atom. The van der Waals surface area contributed by atoms with Gasteiger partial charge in [0.15, 0.2) is 0 Å². The van der Waals surface area contributed by atoms with Crippen LogP contribution >= 0.6 is 0 Å². The van der Waals surface area contributed by atoms with Crippen LogP contribution in [0.2, 0.25) is 0 Å². The second-order valence-electron chi connectivity index (χ2n) is 5.83. The minimum Gasteiger partial charge on any atom is -0.211 e.